The molecule has 0 saturated carbocycles. The molecule has 2 aromatic carbocycles. The Balaban J connectivity index is 1.83. The third-order valence-electron chi connectivity index (χ3n) is 5.10. The largest absolute Gasteiger partial charge is 0.488 e. The smallest absolute Gasteiger partial charge is 0.339 e. The number of aryl methyl sites for hydroxylation is 2. The summed E-state index contributed by atoms with van der Waals surface area (Å²) in [5, 5.41) is 0.480. The van der Waals surface area contributed by atoms with Gasteiger partial charge in [-0.3, -0.25) is 0 Å². The molecule has 4 rings (SSSR count). The van der Waals surface area contributed by atoms with Crippen molar-refractivity contribution in [2.45, 2.75) is 39.2 Å². The summed E-state index contributed by atoms with van der Waals surface area (Å²) < 4.78 is 79.0. The van der Waals surface area contributed by atoms with E-state index in [1.165, 1.54) is 0 Å². The molecule has 3 nitrogen and oxygen atoms in total. The average Bonchev–Trinajstić information content (AvgIpc) is 2.70. The molecule has 0 fully saturated rings. The van der Waals surface area contributed by atoms with Crippen LogP contribution in [0.15, 0.2) is 21.3 Å². The fraction of sp³-hybridized carbons (Fsp3) is 0.286. The Bertz CT molecular complexity index is 1170. The first-order valence-electron chi connectivity index (χ1n) is 9.02. The van der Waals surface area contributed by atoms with E-state index in [4.69, 9.17) is 9.15 Å². The highest BCUT2D eigenvalue weighted by Gasteiger charge is 2.27. The number of hydrogen-bond acceptors (Lipinski definition) is 3. The Morgan fingerprint density at radius 1 is 0.897 bits per heavy atom. The van der Waals surface area contributed by atoms with Gasteiger partial charge in [0.15, 0.2) is 23.3 Å². The zero-order chi connectivity index (χ0) is 20.9. The van der Waals surface area contributed by atoms with E-state index in [1.54, 1.807) is 19.1 Å². The number of rotatable bonds is 3. The first-order chi connectivity index (χ1) is 13.8. The normalized spacial score (nSPS) is 13.6. The first kappa shape index (κ1) is 19.4. The van der Waals surface area contributed by atoms with Crippen LogP contribution in [0.2, 0.25) is 0 Å². The Labute approximate surface area is 161 Å². The van der Waals surface area contributed by atoms with Crippen molar-refractivity contribution in [1.29, 1.82) is 0 Å². The molecule has 0 saturated heterocycles. The molecular formula is C21H15F5O3. The third-order valence-corrected chi connectivity index (χ3v) is 5.10. The first-order valence-corrected chi connectivity index (χ1v) is 9.02. The summed E-state index contributed by atoms with van der Waals surface area (Å²) >= 11 is 0. The fourth-order valence-electron chi connectivity index (χ4n) is 3.71. The Hall–Kier alpha value is -2.90. The second-order valence-electron chi connectivity index (χ2n) is 7.03. The molecule has 152 valence electrons. The molecule has 0 bridgehead atoms. The van der Waals surface area contributed by atoms with Gasteiger partial charge >= 0.3 is 5.63 Å². The Morgan fingerprint density at radius 2 is 1.48 bits per heavy atom. The topological polar surface area (TPSA) is 39.4 Å². The Morgan fingerprint density at radius 3 is 2.14 bits per heavy atom. The summed E-state index contributed by atoms with van der Waals surface area (Å²) in [6.45, 7) is 0.822. The van der Waals surface area contributed by atoms with Crippen molar-refractivity contribution in [1.82, 2.24) is 0 Å². The van der Waals surface area contributed by atoms with Crippen molar-refractivity contribution in [3.63, 3.8) is 0 Å². The summed E-state index contributed by atoms with van der Waals surface area (Å²) in [4.78, 5) is 12.3. The van der Waals surface area contributed by atoms with Crippen LogP contribution in [0, 0.1) is 36.0 Å². The van der Waals surface area contributed by atoms with E-state index in [9.17, 15) is 26.7 Å². The molecule has 1 heterocycles. The second kappa shape index (κ2) is 7.17. The molecule has 1 aliphatic carbocycles. The van der Waals surface area contributed by atoms with Gasteiger partial charge in [0.1, 0.15) is 17.9 Å². The van der Waals surface area contributed by atoms with E-state index < -0.39 is 46.9 Å². The SMILES string of the molecule is Cc1cc(OCc2c(F)c(F)c(F)c(F)c2F)c2c3c(c(=O)oc2c1)CCCC3. The van der Waals surface area contributed by atoms with Gasteiger partial charge in [-0.1, -0.05) is 0 Å². The van der Waals surface area contributed by atoms with Crippen molar-refractivity contribution in [2.75, 3.05) is 0 Å². The predicted octanol–water partition coefficient (Wildman–Crippen LogP) is 5.25. The minimum Gasteiger partial charge on any atom is -0.488 e. The van der Waals surface area contributed by atoms with Crippen LogP contribution in [0.5, 0.6) is 5.75 Å². The van der Waals surface area contributed by atoms with Crippen LogP contribution >= 0.6 is 0 Å². The van der Waals surface area contributed by atoms with Gasteiger partial charge < -0.3 is 9.15 Å². The summed E-state index contributed by atoms with van der Waals surface area (Å²) in [5.41, 5.74) is 0.640. The lowest BCUT2D eigenvalue weighted by Gasteiger charge is -2.19. The van der Waals surface area contributed by atoms with Gasteiger partial charge in [-0.15, -0.1) is 0 Å². The molecule has 0 atom stereocenters. The number of fused-ring (bicyclic) bond motifs is 3. The summed E-state index contributed by atoms with van der Waals surface area (Å²) in [6.07, 6.45) is 2.81. The summed E-state index contributed by atoms with van der Waals surface area (Å²) in [5.74, 6) is -10.00. The number of hydrogen-bond donors (Lipinski definition) is 0. The lowest BCUT2D eigenvalue weighted by atomic mass is 9.90. The lowest BCUT2D eigenvalue weighted by Crippen LogP contribution is -2.16. The molecule has 0 radical (unpaired) electrons. The van der Waals surface area contributed by atoms with E-state index in [0.717, 1.165) is 18.4 Å². The molecule has 8 heteroatoms. The maximum absolute atomic E-state index is 14.0. The van der Waals surface area contributed by atoms with E-state index in [-0.39, 0.29) is 11.3 Å². The standard InChI is InChI=1S/C21H15F5O3/c1-9-6-13(28-8-12-16(22)18(24)20(26)19(25)17(12)23)15-10-4-2-3-5-11(10)21(27)29-14(15)7-9/h6-7H,2-5,8H2,1H3. The van der Waals surface area contributed by atoms with Crippen molar-refractivity contribution >= 4 is 11.0 Å². The van der Waals surface area contributed by atoms with Crippen LogP contribution in [-0.2, 0) is 19.4 Å². The summed E-state index contributed by atoms with van der Waals surface area (Å²) in [6, 6.07) is 3.21. The zero-order valence-electron chi connectivity index (χ0n) is 15.3. The van der Waals surface area contributed by atoms with Crippen LogP contribution in [-0.4, -0.2) is 0 Å². The predicted molar refractivity (Wildman–Crippen MR) is 94.4 cm³/mol. The van der Waals surface area contributed by atoms with Gasteiger partial charge in [0.25, 0.3) is 0 Å². The van der Waals surface area contributed by atoms with Crippen molar-refractivity contribution in [3.8, 4) is 5.75 Å². The van der Waals surface area contributed by atoms with Crippen LogP contribution in [0.25, 0.3) is 11.0 Å². The minimum atomic E-state index is -2.22. The molecule has 29 heavy (non-hydrogen) atoms. The molecular weight excluding hydrogens is 395 g/mol. The highest BCUT2D eigenvalue weighted by atomic mass is 19.2. The maximum Gasteiger partial charge on any atom is 0.339 e. The zero-order valence-corrected chi connectivity index (χ0v) is 15.3. The van der Waals surface area contributed by atoms with E-state index in [1.807, 2.05) is 0 Å². The van der Waals surface area contributed by atoms with Crippen molar-refractivity contribution in [2.24, 2.45) is 0 Å². The molecule has 0 spiro atoms. The Kier molecular flexibility index (Phi) is 4.80. The van der Waals surface area contributed by atoms with E-state index in [0.29, 0.717) is 29.4 Å². The molecule has 0 unspecified atom stereocenters. The van der Waals surface area contributed by atoms with Crippen LogP contribution in [0.4, 0.5) is 22.0 Å². The van der Waals surface area contributed by atoms with Gasteiger partial charge in [0.05, 0.1) is 10.9 Å². The van der Waals surface area contributed by atoms with Gasteiger partial charge in [-0.25, -0.2) is 26.7 Å². The maximum atomic E-state index is 14.0. The molecule has 1 aromatic heterocycles. The van der Waals surface area contributed by atoms with Gasteiger partial charge in [0, 0.05) is 5.56 Å². The van der Waals surface area contributed by atoms with Gasteiger partial charge in [-0.2, -0.15) is 0 Å². The fourth-order valence-corrected chi connectivity index (χ4v) is 3.71. The quantitative estimate of drug-likeness (QED) is 0.256. The number of benzene rings is 2. The number of ether oxygens (including phenoxy) is 1. The van der Waals surface area contributed by atoms with Gasteiger partial charge in [0.2, 0.25) is 5.82 Å². The second-order valence-corrected chi connectivity index (χ2v) is 7.03. The van der Waals surface area contributed by atoms with E-state index in [2.05, 4.69) is 0 Å². The number of halogens is 5. The average molecular weight is 410 g/mol. The highest BCUT2D eigenvalue weighted by Crippen LogP contribution is 2.35. The van der Waals surface area contributed by atoms with Crippen LogP contribution < -0.4 is 10.4 Å². The molecule has 3 aromatic rings. The summed E-state index contributed by atoms with van der Waals surface area (Å²) in [7, 11) is 0. The highest BCUT2D eigenvalue weighted by molar-refractivity contribution is 5.88. The lowest BCUT2D eigenvalue weighted by molar-refractivity contribution is 0.281. The van der Waals surface area contributed by atoms with Crippen LogP contribution in [0.3, 0.4) is 0 Å². The van der Waals surface area contributed by atoms with Crippen LogP contribution in [0.1, 0.15) is 35.1 Å². The molecule has 0 N–H and O–H groups in total. The van der Waals surface area contributed by atoms with Gasteiger partial charge in [-0.05, 0) is 55.9 Å². The molecule has 1 aliphatic rings. The van der Waals surface area contributed by atoms with Crippen molar-refractivity contribution < 1.29 is 31.1 Å². The monoisotopic (exact) mass is 410 g/mol. The minimum absolute atomic E-state index is 0.158. The molecule has 0 amide bonds. The van der Waals surface area contributed by atoms with E-state index >= 15 is 0 Å². The van der Waals surface area contributed by atoms with Crippen molar-refractivity contribution in [3.05, 3.63) is 73.9 Å². The third kappa shape index (κ3) is 3.16. The molecule has 0 aliphatic heterocycles.